The van der Waals surface area contributed by atoms with Gasteiger partial charge in [0.1, 0.15) is 12.4 Å². The van der Waals surface area contributed by atoms with Crippen LogP contribution in [0.25, 0.3) is 0 Å². The van der Waals surface area contributed by atoms with Crippen molar-refractivity contribution in [3.05, 3.63) is 29.8 Å². The van der Waals surface area contributed by atoms with E-state index in [-0.39, 0.29) is 6.61 Å². The van der Waals surface area contributed by atoms with Gasteiger partial charge in [-0.2, -0.15) is 0 Å². The molecule has 0 aliphatic rings. The predicted octanol–water partition coefficient (Wildman–Crippen LogP) is 2.13. The van der Waals surface area contributed by atoms with Gasteiger partial charge in [-0.15, -0.1) is 0 Å². The second kappa shape index (κ2) is 9.78. The zero-order valence-corrected chi connectivity index (χ0v) is 11.9. The van der Waals surface area contributed by atoms with Crippen molar-refractivity contribution >= 4 is 0 Å². The van der Waals surface area contributed by atoms with E-state index in [9.17, 15) is 0 Å². The van der Waals surface area contributed by atoms with E-state index in [1.807, 2.05) is 12.1 Å². The van der Waals surface area contributed by atoms with Crippen molar-refractivity contribution in [2.45, 2.75) is 26.3 Å². The maximum atomic E-state index is 8.58. The van der Waals surface area contributed by atoms with Crippen molar-refractivity contribution in [2.24, 2.45) is 0 Å². The summed E-state index contributed by atoms with van der Waals surface area (Å²) in [6.45, 7) is 6.73. The summed E-state index contributed by atoms with van der Waals surface area (Å²) < 4.78 is 10.8. The van der Waals surface area contributed by atoms with E-state index in [4.69, 9.17) is 14.6 Å². The molecule has 2 N–H and O–H groups in total. The molecule has 0 aliphatic heterocycles. The van der Waals surface area contributed by atoms with E-state index in [0.29, 0.717) is 25.9 Å². The normalized spacial score (nSPS) is 12.4. The van der Waals surface area contributed by atoms with Crippen molar-refractivity contribution in [3.8, 4) is 5.75 Å². The summed E-state index contributed by atoms with van der Waals surface area (Å²) >= 11 is 0. The van der Waals surface area contributed by atoms with Crippen LogP contribution in [0.15, 0.2) is 24.3 Å². The molecule has 0 fully saturated rings. The van der Waals surface area contributed by atoms with Crippen molar-refractivity contribution in [1.29, 1.82) is 0 Å². The van der Waals surface area contributed by atoms with Gasteiger partial charge in [0.05, 0.1) is 19.8 Å². The molecular weight excluding hydrogens is 242 g/mol. The monoisotopic (exact) mass is 267 g/mol. The van der Waals surface area contributed by atoms with Crippen LogP contribution in [0.5, 0.6) is 5.75 Å². The molecule has 19 heavy (non-hydrogen) atoms. The van der Waals surface area contributed by atoms with Crippen LogP contribution in [-0.2, 0) is 4.74 Å². The molecule has 1 aromatic rings. The summed E-state index contributed by atoms with van der Waals surface area (Å²) in [5, 5.41) is 12.0. The topological polar surface area (TPSA) is 50.7 Å². The summed E-state index contributed by atoms with van der Waals surface area (Å²) in [6, 6.07) is 8.43. The molecule has 1 rings (SSSR count). The molecule has 0 aliphatic carbocycles. The number of aliphatic hydroxyl groups excluding tert-OH is 1. The van der Waals surface area contributed by atoms with Crippen LogP contribution in [0.1, 0.15) is 31.9 Å². The fourth-order valence-electron chi connectivity index (χ4n) is 1.74. The van der Waals surface area contributed by atoms with Gasteiger partial charge in [0.15, 0.2) is 0 Å². The first kappa shape index (κ1) is 16.0. The minimum Gasteiger partial charge on any atom is -0.491 e. The Kier molecular flexibility index (Phi) is 8.21. The summed E-state index contributed by atoms with van der Waals surface area (Å²) in [5.74, 6) is 0.857. The van der Waals surface area contributed by atoms with E-state index in [2.05, 4.69) is 31.3 Å². The highest BCUT2D eigenvalue weighted by atomic mass is 16.5. The van der Waals surface area contributed by atoms with E-state index < -0.39 is 0 Å². The first-order chi connectivity index (χ1) is 9.27. The average molecular weight is 267 g/mol. The molecule has 1 aromatic carbocycles. The number of benzene rings is 1. The lowest BCUT2D eigenvalue weighted by atomic mass is 10.1. The van der Waals surface area contributed by atoms with E-state index in [0.717, 1.165) is 18.7 Å². The molecule has 0 saturated heterocycles. The second-order valence-corrected chi connectivity index (χ2v) is 4.43. The lowest BCUT2D eigenvalue weighted by molar-refractivity contribution is 0.0705. The highest BCUT2D eigenvalue weighted by Crippen LogP contribution is 2.19. The highest BCUT2D eigenvalue weighted by Gasteiger charge is 2.05. The zero-order chi connectivity index (χ0) is 13.9. The predicted molar refractivity (Wildman–Crippen MR) is 76.6 cm³/mol. The van der Waals surface area contributed by atoms with E-state index >= 15 is 0 Å². The Balaban J connectivity index is 2.38. The Labute approximate surface area is 115 Å². The van der Waals surface area contributed by atoms with Gasteiger partial charge < -0.3 is 19.9 Å². The fraction of sp³-hybridized carbons (Fsp3) is 0.600. The molecule has 0 bridgehead atoms. The third-order valence-electron chi connectivity index (χ3n) is 2.79. The zero-order valence-electron chi connectivity index (χ0n) is 11.9. The fourth-order valence-corrected chi connectivity index (χ4v) is 1.74. The molecule has 0 aromatic heterocycles. The van der Waals surface area contributed by atoms with Gasteiger partial charge in [0.2, 0.25) is 0 Å². The van der Waals surface area contributed by atoms with Gasteiger partial charge >= 0.3 is 0 Å². The van der Waals surface area contributed by atoms with Gasteiger partial charge in [-0.05, 0) is 37.6 Å². The molecule has 0 spiro atoms. The minimum atomic E-state index is 0.0517. The van der Waals surface area contributed by atoms with Gasteiger partial charge in [-0.1, -0.05) is 19.1 Å². The average Bonchev–Trinajstić information content (AvgIpc) is 2.45. The van der Waals surface area contributed by atoms with Crippen LogP contribution in [0, 0.1) is 0 Å². The van der Waals surface area contributed by atoms with Crippen LogP contribution >= 0.6 is 0 Å². The Morgan fingerprint density at radius 3 is 2.84 bits per heavy atom. The lowest BCUT2D eigenvalue weighted by Crippen LogP contribution is -2.19. The summed E-state index contributed by atoms with van der Waals surface area (Å²) in [6.07, 6.45) is 1.13. The van der Waals surface area contributed by atoms with Gasteiger partial charge in [0, 0.05) is 6.04 Å². The first-order valence-corrected chi connectivity index (χ1v) is 6.92. The van der Waals surface area contributed by atoms with Crippen LogP contribution in [0.2, 0.25) is 0 Å². The van der Waals surface area contributed by atoms with Crippen molar-refractivity contribution in [1.82, 2.24) is 5.32 Å². The number of rotatable bonds is 10. The highest BCUT2D eigenvalue weighted by molar-refractivity contribution is 5.30. The lowest BCUT2D eigenvalue weighted by Gasteiger charge is -2.15. The molecule has 0 radical (unpaired) electrons. The molecule has 1 unspecified atom stereocenters. The summed E-state index contributed by atoms with van der Waals surface area (Å²) in [5.41, 5.74) is 1.22. The number of aliphatic hydroxyl groups is 1. The molecule has 4 nitrogen and oxygen atoms in total. The molecular formula is C15H25NO3. The largest absolute Gasteiger partial charge is 0.491 e. The van der Waals surface area contributed by atoms with Crippen LogP contribution < -0.4 is 10.1 Å². The van der Waals surface area contributed by atoms with Crippen molar-refractivity contribution < 1.29 is 14.6 Å². The Morgan fingerprint density at radius 2 is 2.11 bits per heavy atom. The quantitative estimate of drug-likeness (QED) is 0.638. The summed E-state index contributed by atoms with van der Waals surface area (Å²) in [7, 11) is 0. The van der Waals surface area contributed by atoms with Crippen LogP contribution in [0.4, 0.5) is 0 Å². The van der Waals surface area contributed by atoms with Crippen molar-refractivity contribution in [2.75, 3.05) is 33.0 Å². The van der Waals surface area contributed by atoms with Crippen LogP contribution in [-0.4, -0.2) is 38.1 Å². The number of hydrogen-bond acceptors (Lipinski definition) is 4. The third-order valence-corrected chi connectivity index (χ3v) is 2.79. The third kappa shape index (κ3) is 6.57. The van der Waals surface area contributed by atoms with Gasteiger partial charge in [0.25, 0.3) is 0 Å². The molecule has 0 heterocycles. The maximum Gasteiger partial charge on any atom is 0.119 e. The van der Waals surface area contributed by atoms with E-state index in [1.54, 1.807) is 0 Å². The number of hydrogen-bond donors (Lipinski definition) is 2. The van der Waals surface area contributed by atoms with Crippen LogP contribution in [0.3, 0.4) is 0 Å². The number of ether oxygens (including phenoxy) is 2. The molecule has 108 valence electrons. The van der Waals surface area contributed by atoms with Gasteiger partial charge in [-0.25, -0.2) is 0 Å². The molecule has 4 heteroatoms. The number of nitrogens with one attached hydrogen (secondary N) is 1. The Hall–Kier alpha value is -1.10. The summed E-state index contributed by atoms with van der Waals surface area (Å²) in [4.78, 5) is 0. The second-order valence-electron chi connectivity index (χ2n) is 4.43. The molecule has 1 atom stereocenters. The standard InChI is InChI=1S/C15H25NO3/c1-3-7-16-13(2)14-5-4-6-15(12-14)19-11-10-18-9-8-17/h4-6,12-13,16-17H,3,7-11H2,1-2H3. The molecule has 0 amide bonds. The maximum absolute atomic E-state index is 8.58. The molecule has 0 saturated carbocycles. The SMILES string of the molecule is CCCNC(C)c1cccc(OCCOCCO)c1. The van der Waals surface area contributed by atoms with E-state index in [1.165, 1.54) is 5.56 Å². The van der Waals surface area contributed by atoms with Crippen molar-refractivity contribution in [3.63, 3.8) is 0 Å². The minimum absolute atomic E-state index is 0.0517. The smallest absolute Gasteiger partial charge is 0.119 e. The van der Waals surface area contributed by atoms with Gasteiger partial charge in [-0.3, -0.25) is 0 Å². The first-order valence-electron chi connectivity index (χ1n) is 6.92. The Morgan fingerprint density at radius 1 is 1.26 bits per heavy atom. The Bertz CT molecular complexity index is 344.